The van der Waals surface area contributed by atoms with Crippen LogP contribution in [0.15, 0.2) is 60.4 Å². The Morgan fingerprint density at radius 1 is 1.12 bits per heavy atom. The molecule has 168 valence electrons. The second kappa shape index (κ2) is 8.93. The fourth-order valence-electron chi connectivity index (χ4n) is 4.27. The van der Waals surface area contributed by atoms with Crippen LogP contribution in [0.4, 0.5) is 0 Å². The summed E-state index contributed by atoms with van der Waals surface area (Å²) in [6, 6.07) is 17.4. The smallest absolute Gasteiger partial charge is 0.231 e. The van der Waals surface area contributed by atoms with Crippen molar-refractivity contribution in [2.75, 3.05) is 20.4 Å². The lowest BCUT2D eigenvalue weighted by molar-refractivity contribution is 0.0954. The molecule has 0 amide bonds. The molecule has 2 aliphatic rings. The van der Waals surface area contributed by atoms with E-state index in [1.165, 1.54) is 5.56 Å². The van der Waals surface area contributed by atoms with Gasteiger partial charge in [0, 0.05) is 29.2 Å². The van der Waals surface area contributed by atoms with Crippen LogP contribution in [0.25, 0.3) is 6.08 Å². The Hall–Kier alpha value is -3.28. The van der Waals surface area contributed by atoms with Crippen molar-refractivity contribution in [3.63, 3.8) is 0 Å². The van der Waals surface area contributed by atoms with Crippen LogP contribution in [0.2, 0.25) is 5.02 Å². The Balaban J connectivity index is 1.33. The van der Waals surface area contributed by atoms with Gasteiger partial charge in [0.2, 0.25) is 5.78 Å². The van der Waals surface area contributed by atoms with Crippen LogP contribution < -0.4 is 14.2 Å². The van der Waals surface area contributed by atoms with Gasteiger partial charge in [-0.25, -0.2) is 0 Å². The van der Waals surface area contributed by atoms with E-state index in [1.54, 1.807) is 25.3 Å². The van der Waals surface area contributed by atoms with Crippen LogP contribution in [-0.2, 0) is 13.0 Å². The minimum atomic E-state index is -0.119. The number of carbonyl (C=O) groups excluding carboxylic acids is 1. The van der Waals surface area contributed by atoms with Crippen molar-refractivity contribution in [3.05, 3.63) is 93.2 Å². The summed E-state index contributed by atoms with van der Waals surface area (Å²) in [5, 5.41) is 0.613. The summed E-state index contributed by atoms with van der Waals surface area (Å²) in [6.07, 6.45) is 2.63. The lowest BCUT2D eigenvalue weighted by Crippen LogP contribution is -2.34. The number of Topliss-reactive ketones (excluding diaryl/α,β-unsaturated/α-hetero) is 1. The number of fused-ring (bicyclic) bond motifs is 2. The SMILES string of the molecule is COc1ccc(CCN2COc3c(cc4c(c3C)O/C(=C\c3cccc(Cl)c3)C4=O)C2)cc1. The number of benzene rings is 3. The van der Waals surface area contributed by atoms with Crippen molar-refractivity contribution >= 4 is 23.5 Å². The molecular formula is C27H24ClNO4. The molecule has 33 heavy (non-hydrogen) atoms. The minimum Gasteiger partial charge on any atom is -0.497 e. The molecule has 0 aromatic heterocycles. The van der Waals surface area contributed by atoms with Crippen molar-refractivity contribution < 1.29 is 19.0 Å². The maximum atomic E-state index is 13.1. The molecule has 0 N–H and O–H groups in total. The molecule has 0 fully saturated rings. The highest BCUT2D eigenvalue weighted by Crippen LogP contribution is 2.43. The molecule has 6 heteroatoms. The fraction of sp³-hybridized carbons (Fsp3) is 0.222. The predicted octanol–water partition coefficient (Wildman–Crippen LogP) is 5.67. The first kappa shape index (κ1) is 21.6. The molecule has 0 saturated carbocycles. The van der Waals surface area contributed by atoms with Gasteiger partial charge < -0.3 is 14.2 Å². The van der Waals surface area contributed by atoms with Gasteiger partial charge in [-0.3, -0.25) is 9.69 Å². The molecule has 5 rings (SSSR count). The van der Waals surface area contributed by atoms with E-state index in [-0.39, 0.29) is 5.78 Å². The monoisotopic (exact) mass is 461 g/mol. The van der Waals surface area contributed by atoms with Crippen LogP contribution in [0.3, 0.4) is 0 Å². The molecule has 0 saturated heterocycles. The summed E-state index contributed by atoms with van der Waals surface area (Å²) in [7, 11) is 1.67. The molecule has 0 spiro atoms. The average molecular weight is 462 g/mol. The van der Waals surface area contributed by atoms with Gasteiger partial charge in [0.25, 0.3) is 0 Å². The maximum absolute atomic E-state index is 13.1. The molecule has 3 aromatic rings. The highest BCUT2D eigenvalue weighted by Gasteiger charge is 2.33. The fourth-order valence-corrected chi connectivity index (χ4v) is 4.47. The highest BCUT2D eigenvalue weighted by molar-refractivity contribution is 6.30. The number of nitrogens with zero attached hydrogens (tertiary/aromatic N) is 1. The molecular weight excluding hydrogens is 438 g/mol. The van der Waals surface area contributed by atoms with E-state index in [9.17, 15) is 4.79 Å². The van der Waals surface area contributed by atoms with Crippen molar-refractivity contribution in [1.82, 2.24) is 4.90 Å². The number of ether oxygens (including phenoxy) is 3. The van der Waals surface area contributed by atoms with Crippen molar-refractivity contribution in [3.8, 4) is 17.2 Å². The Bertz CT molecular complexity index is 1250. The quantitative estimate of drug-likeness (QED) is 0.458. The zero-order chi connectivity index (χ0) is 22.9. The number of carbonyl (C=O) groups is 1. The van der Waals surface area contributed by atoms with Crippen molar-refractivity contribution in [2.24, 2.45) is 0 Å². The molecule has 0 atom stereocenters. The Morgan fingerprint density at radius 3 is 2.70 bits per heavy atom. The van der Waals surface area contributed by atoms with E-state index in [4.69, 9.17) is 25.8 Å². The lowest BCUT2D eigenvalue weighted by atomic mass is 10.00. The van der Waals surface area contributed by atoms with E-state index in [1.807, 2.05) is 37.3 Å². The normalized spacial score (nSPS) is 16.2. The first-order valence-corrected chi connectivity index (χ1v) is 11.2. The van der Waals surface area contributed by atoms with Crippen molar-refractivity contribution in [2.45, 2.75) is 19.9 Å². The number of halogens is 1. The van der Waals surface area contributed by atoms with Gasteiger partial charge in [-0.2, -0.15) is 0 Å². The summed E-state index contributed by atoms with van der Waals surface area (Å²) < 4.78 is 17.3. The predicted molar refractivity (Wildman–Crippen MR) is 128 cm³/mol. The Kier molecular flexibility index (Phi) is 5.83. The first-order valence-electron chi connectivity index (χ1n) is 10.9. The van der Waals surface area contributed by atoms with Gasteiger partial charge in [-0.1, -0.05) is 35.9 Å². The molecule has 0 unspecified atom stereocenters. The number of hydrogen-bond acceptors (Lipinski definition) is 5. The molecule has 2 aliphatic heterocycles. The van der Waals surface area contributed by atoms with Crippen LogP contribution in [0.1, 0.15) is 32.6 Å². The molecule has 3 aromatic carbocycles. The van der Waals surface area contributed by atoms with Gasteiger partial charge >= 0.3 is 0 Å². The van der Waals surface area contributed by atoms with E-state index in [0.29, 0.717) is 28.8 Å². The van der Waals surface area contributed by atoms with Gasteiger partial charge in [-0.05, 0) is 60.9 Å². The molecule has 0 aliphatic carbocycles. The molecule has 0 radical (unpaired) electrons. The van der Waals surface area contributed by atoms with Crippen LogP contribution in [0.5, 0.6) is 17.2 Å². The number of hydrogen-bond donors (Lipinski definition) is 0. The Labute approximate surface area is 198 Å². The lowest BCUT2D eigenvalue weighted by Gasteiger charge is -2.30. The third-order valence-corrected chi connectivity index (χ3v) is 6.26. The van der Waals surface area contributed by atoms with Gasteiger partial charge in [0.1, 0.15) is 24.0 Å². The molecule has 2 heterocycles. The summed E-state index contributed by atoms with van der Waals surface area (Å²) in [5.41, 5.74) is 4.52. The molecule has 5 nitrogen and oxygen atoms in total. The standard InChI is InChI=1S/C27H24ClNO4/c1-17-26-20(15-29(16-32-26)11-10-18-6-8-22(31-2)9-7-18)14-23-25(30)24(33-27(17)23)13-19-4-3-5-21(28)12-19/h3-9,12-14H,10-11,15-16H2,1-2H3/b24-13-. The van der Waals surface area contributed by atoms with E-state index in [0.717, 1.165) is 47.7 Å². The van der Waals surface area contributed by atoms with Gasteiger partial charge in [0.05, 0.1) is 12.7 Å². The minimum absolute atomic E-state index is 0.119. The maximum Gasteiger partial charge on any atom is 0.231 e. The summed E-state index contributed by atoms with van der Waals surface area (Å²) >= 11 is 6.08. The third-order valence-electron chi connectivity index (χ3n) is 6.02. The third kappa shape index (κ3) is 4.34. The second-order valence-corrected chi connectivity index (χ2v) is 8.72. The highest BCUT2D eigenvalue weighted by atomic mass is 35.5. The summed E-state index contributed by atoms with van der Waals surface area (Å²) in [4.78, 5) is 15.3. The second-order valence-electron chi connectivity index (χ2n) is 8.29. The van der Waals surface area contributed by atoms with Crippen LogP contribution >= 0.6 is 11.6 Å². The van der Waals surface area contributed by atoms with E-state index >= 15 is 0 Å². The van der Waals surface area contributed by atoms with E-state index in [2.05, 4.69) is 17.0 Å². The zero-order valence-electron chi connectivity index (χ0n) is 18.6. The Morgan fingerprint density at radius 2 is 1.94 bits per heavy atom. The van der Waals surface area contributed by atoms with Gasteiger partial charge in [-0.15, -0.1) is 0 Å². The van der Waals surface area contributed by atoms with E-state index < -0.39 is 0 Å². The summed E-state index contributed by atoms with van der Waals surface area (Å²) in [6.45, 7) is 4.02. The number of methoxy groups -OCH3 is 1. The summed E-state index contributed by atoms with van der Waals surface area (Å²) in [5.74, 6) is 2.43. The first-order chi connectivity index (χ1) is 16.0. The topological polar surface area (TPSA) is 48.0 Å². The molecule has 0 bridgehead atoms. The zero-order valence-corrected chi connectivity index (χ0v) is 19.3. The number of allylic oxidation sites excluding steroid dienone is 1. The van der Waals surface area contributed by atoms with Gasteiger partial charge in [0.15, 0.2) is 5.76 Å². The average Bonchev–Trinajstić information content (AvgIpc) is 3.13. The number of rotatable bonds is 5. The number of ketones is 1. The van der Waals surface area contributed by atoms with Crippen LogP contribution in [-0.4, -0.2) is 31.1 Å². The largest absolute Gasteiger partial charge is 0.497 e. The van der Waals surface area contributed by atoms with Crippen LogP contribution in [0, 0.1) is 6.92 Å². The van der Waals surface area contributed by atoms with Crippen molar-refractivity contribution in [1.29, 1.82) is 0 Å².